The topological polar surface area (TPSA) is 12.4 Å². The predicted molar refractivity (Wildman–Crippen MR) is 93.5 cm³/mol. The Morgan fingerprint density at radius 3 is 2.05 bits per heavy atom. The lowest BCUT2D eigenvalue weighted by atomic mass is 10.2. The SMILES string of the molecule is CCCCN=C/C=C(C)/C=C/C=C(C)/C=C/C=C(C)C. The zero-order chi connectivity index (χ0) is 15.2. The summed E-state index contributed by atoms with van der Waals surface area (Å²) < 4.78 is 0. The van der Waals surface area contributed by atoms with Gasteiger partial charge in [0.1, 0.15) is 0 Å². The quantitative estimate of drug-likeness (QED) is 0.299. The third-order valence-electron chi connectivity index (χ3n) is 2.59. The van der Waals surface area contributed by atoms with E-state index in [1.807, 2.05) is 12.3 Å². The van der Waals surface area contributed by atoms with E-state index in [9.17, 15) is 0 Å². The normalized spacial score (nSPS) is 13.8. The molecule has 0 saturated carbocycles. The third-order valence-corrected chi connectivity index (χ3v) is 2.59. The number of rotatable bonds is 8. The number of aliphatic imine (C=N–C) groups is 1. The highest BCUT2D eigenvalue weighted by Crippen LogP contribution is 2.00. The van der Waals surface area contributed by atoms with Gasteiger partial charge in [0.15, 0.2) is 0 Å². The molecule has 0 aromatic rings. The van der Waals surface area contributed by atoms with Crippen molar-refractivity contribution in [3.8, 4) is 0 Å². The molecule has 0 saturated heterocycles. The Balaban J connectivity index is 4.27. The minimum Gasteiger partial charge on any atom is -0.293 e. The van der Waals surface area contributed by atoms with Crippen molar-refractivity contribution in [3.63, 3.8) is 0 Å². The summed E-state index contributed by atoms with van der Waals surface area (Å²) in [6, 6.07) is 0. The van der Waals surface area contributed by atoms with Gasteiger partial charge in [-0.1, -0.05) is 60.9 Å². The Bertz CT molecular complexity index is 425. The summed E-state index contributed by atoms with van der Waals surface area (Å²) in [7, 11) is 0. The number of unbranched alkanes of at least 4 members (excludes halogenated alkanes) is 1. The van der Waals surface area contributed by atoms with E-state index in [1.165, 1.54) is 29.6 Å². The van der Waals surface area contributed by atoms with Gasteiger partial charge >= 0.3 is 0 Å². The molecule has 0 aromatic carbocycles. The number of hydrogen-bond donors (Lipinski definition) is 0. The van der Waals surface area contributed by atoms with E-state index in [2.05, 4.69) is 76.1 Å². The second-order valence-corrected chi connectivity index (χ2v) is 5.19. The van der Waals surface area contributed by atoms with Crippen LogP contribution in [0.15, 0.2) is 64.2 Å². The van der Waals surface area contributed by atoms with Crippen molar-refractivity contribution < 1.29 is 0 Å². The van der Waals surface area contributed by atoms with Gasteiger partial charge in [-0.15, -0.1) is 0 Å². The molecule has 0 aliphatic heterocycles. The van der Waals surface area contributed by atoms with Crippen molar-refractivity contribution in [1.82, 2.24) is 0 Å². The van der Waals surface area contributed by atoms with Crippen LogP contribution in [-0.4, -0.2) is 12.8 Å². The molecule has 0 aromatic heterocycles. The highest BCUT2D eigenvalue weighted by Gasteiger charge is 1.81. The van der Waals surface area contributed by atoms with Crippen molar-refractivity contribution in [2.24, 2.45) is 4.99 Å². The zero-order valence-corrected chi connectivity index (χ0v) is 13.7. The molecule has 1 nitrogen and oxygen atoms in total. The monoisotopic (exact) mass is 271 g/mol. The van der Waals surface area contributed by atoms with Crippen LogP contribution < -0.4 is 0 Å². The summed E-state index contributed by atoms with van der Waals surface area (Å²) in [5.74, 6) is 0. The van der Waals surface area contributed by atoms with Crippen LogP contribution >= 0.6 is 0 Å². The van der Waals surface area contributed by atoms with Gasteiger partial charge in [0.25, 0.3) is 0 Å². The van der Waals surface area contributed by atoms with Crippen LogP contribution in [0.1, 0.15) is 47.5 Å². The van der Waals surface area contributed by atoms with E-state index in [1.54, 1.807) is 0 Å². The van der Waals surface area contributed by atoms with Gasteiger partial charge < -0.3 is 0 Å². The Morgan fingerprint density at radius 2 is 1.45 bits per heavy atom. The molecular weight excluding hydrogens is 242 g/mol. The molecule has 0 bridgehead atoms. The largest absolute Gasteiger partial charge is 0.293 e. The maximum Gasteiger partial charge on any atom is 0.0389 e. The molecule has 1 heteroatoms. The highest BCUT2D eigenvalue weighted by atomic mass is 14.7. The summed E-state index contributed by atoms with van der Waals surface area (Å²) in [5.41, 5.74) is 3.76. The molecule has 0 aliphatic rings. The Kier molecular flexibility index (Phi) is 11.4. The average molecular weight is 271 g/mol. The highest BCUT2D eigenvalue weighted by molar-refractivity contribution is 5.72. The fourth-order valence-electron chi connectivity index (χ4n) is 1.35. The second-order valence-electron chi connectivity index (χ2n) is 5.19. The lowest BCUT2D eigenvalue weighted by Gasteiger charge is -1.90. The van der Waals surface area contributed by atoms with E-state index < -0.39 is 0 Å². The summed E-state index contributed by atoms with van der Waals surface area (Å²) in [6.07, 6.45) is 18.9. The van der Waals surface area contributed by atoms with Gasteiger partial charge in [0, 0.05) is 12.8 Å². The molecule has 0 aliphatic carbocycles. The van der Waals surface area contributed by atoms with Gasteiger partial charge in [-0.25, -0.2) is 0 Å². The van der Waals surface area contributed by atoms with E-state index in [0.717, 1.165) is 6.54 Å². The van der Waals surface area contributed by atoms with E-state index in [0.29, 0.717) is 0 Å². The van der Waals surface area contributed by atoms with Crippen molar-refractivity contribution in [1.29, 1.82) is 0 Å². The molecule has 20 heavy (non-hydrogen) atoms. The second kappa shape index (κ2) is 12.4. The van der Waals surface area contributed by atoms with Crippen molar-refractivity contribution in [2.45, 2.75) is 47.5 Å². The molecule has 0 heterocycles. The van der Waals surface area contributed by atoms with Crippen LogP contribution in [0.25, 0.3) is 0 Å². The van der Waals surface area contributed by atoms with Crippen LogP contribution in [0.5, 0.6) is 0 Å². The summed E-state index contributed by atoms with van der Waals surface area (Å²) in [6.45, 7) is 11.5. The van der Waals surface area contributed by atoms with Crippen LogP contribution in [0.3, 0.4) is 0 Å². The Hall–Kier alpha value is -1.63. The molecule has 0 radical (unpaired) electrons. The minimum absolute atomic E-state index is 0.929. The Morgan fingerprint density at radius 1 is 0.850 bits per heavy atom. The molecule has 0 N–H and O–H groups in total. The molecule has 110 valence electrons. The average Bonchev–Trinajstić information content (AvgIpc) is 2.38. The lowest BCUT2D eigenvalue weighted by Crippen LogP contribution is -1.79. The predicted octanol–water partition coefficient (Wildman–Crippen LogP) is 5.83. The number of allylic oxidation sites excluding steroid dienone is 10. The van der Waals surface area contributed by atoms with Gasteiger partial charge in [-0.05, 0) is 45.8 Å². The first-order valence-electron chi connectivity index (χ1n) is 7.39. The van der Waals surface area contributed by atoms with Gasteiger partial charge in [-0.3, -0.25) is 4.99 Å². The zero-order valence-electron chi connectivity index (χ0n) is 13.7. The molecular formula is C19H29N. The van der Waals surface area contributed by atoms with Crippen molar-refractivity contribution in [2.75, 3.05) is 6.54 Å². The van der Waals surface area contributed by atoms with Crippen molar-refractivity contribution >= 4 is 6.21 Å². The molecule has 0 unspecified atom stereocenters. The standard InChI is InChI=1S/C19H29N/c1-6-7-15-20-16-14-19(5)13-9-12-18(4)11-8-10-17(2)3/h8-14,16H,6-7,15H2,1-5H3/b11-8+,13-9+,18-12+,19-14+,20-16?. The van der Waals surface area contributed by atoms with Crippen molar-refractivity contribution in [3.05, 3.63) is 59.3 Å². The first kappa shape index (κ1) is 18.4. The first-order valence-corrected chi connectivity index (χ1v) is 7.39. The maximum absolute atomic E-state index is 4.33. The summed E-state index contributed by atoms with van der Waals surface area (Å²) in [5, 5.41) is 0. The molecule has 0 spiro atoms. The van der Waals surface area contributed by atoms with Crippen LogP contribution in [-0.2, 0) is 0 Å². The first-order chi connectivity index (χ1) is 9.56. The van der Waals surface area contributed by atoms with Crippen LogP contribution in [0, 0.1) is 0 Å². The lowest BCUT2D eigenvalue weighted by molar-refractivity contribution is 0.810. The fourth-order valence-corrected chi connectivity index (χ4v) is 1.35. The summed E-state index contributed by atoms with van der Waals surface area (Å²) >= 11 is 0. The third kappa shape index (κ3) is 12.8. The van der Waals surface area contributed by atoms with Gasteiger partial charge in [0.2, 0.25) is 0 Å². The molecule has 0 rings (SSSR count). The minimum atomic E-state index is 0.929. The van der Waals surface area contributed by atoms with E-state index in [4.69, 9.17) is 0 Å². The Labute approximate surface area is 125 Å². The fraction of sp³-hybridized carbons (Fsp3) is 0.421. The number of hydrogen-bond acceptors (Lipinski definition) is 1. The van der Waals surface area contributed by atoms with E-state index in [-0.39, 0.29) is 0 Å². The molecule has 0 amide bonds. The number of nitrogens with zero attached hydrogens (tertiary/aromatic N) is 1. The van der Waals surface area contributed by atoms with Gasteiger partial charge in [0.05, 0.1) is 0 Å². The smallest absolute Gasteiger partial charge is 0.0389 e. The van der Waals surface area contributed by atoms with Gasteiger partial charge in [-0.2, -0.15) is 0 Å². The molecule has 0 fully saturated rings. The van der Waals surface area contributed by atoms with E-state index >= 15 is 0 Å². The van der Waals surface area contributed by atoms with Crippen LogP contribution in [0.4, 0.5) is 0 Å². The van der Waals surface area contributed by atoms with Crippen LogP contribution in [0.2, 0.25) is 0 Å². The maximum atomic E-state index is 4.33. The summed E-state index contributed by atoms with van der Waals surface area (Å²) in [4.78, 5) is 4.33. The molecule has 0 atom stereocenters.